The van der Waals surface area contributed by atoms with Crippen LogP contribution in [0.4, 0.5) is 5.82 Å². The predicted octanol–water partition coefficient (Wildman–Crippen LogP) is 3.76. The van der Waals surface area contributed by atoms with Crippen molar-refractivity contribution in [3.63, 3.8) is 0 Å². The van der Waals surface area contributed by atoms with Gasteiger partial charge in [0.1, 0.15) is 5.82 Å². The lowest BCUT2D eigenvalue weighted by atomic mass is 9.96. The molecule has 2 rings (SSSR count). The fourth-order valence-electron chi connectivity index (χ4n) is 2.50. The summed E-state index contributed by atoms with van der Waals surface area (Å²) in [5, 5.41) is 0. The molecular weight excluding hydrogens is 232 g/mol. The minimum Gasteiger partial charge on any atom is -0.356 e. The summed E-state index contributed by atoms with van der Waals surface area (Å²) >= 11 is 5.86. The van der Waals surface area contributed by atoms with Crippen LogP contribution in [-0.2, 0) is 5.88 Å². The summed E-state index contributed by atoms with van der Waals surface area (Å²) in [6, 6.07) is 4.23. The van der Waals surface area contributed by atoms with E-state index < -0.39 is 0 Å². The second-order valence-electron chi connectivity index (χ2n) is 4.91. The second-order valence-corrected chi connectivity index (χ2v) is 5.18. The highest BCUT2D eigenvalue weighted by molar-refractivity contribution is 6.17. The van der Waals surface area contributed by atoms with Gasteiger partial charge in [-0.15, -0.1) is 11.6 Å². The number of rotatable bonds is 3. The fraction of sp³-hybridized carbons (Fsp3) is 0.643. The lowest BCUT2D eigenvalue weighted by Crippen LogP contribution is -2.35. The van der Waals surface area contributed by atoms with Gasteiger partial charge in [0.2, 0.25) is 0 Å². The van der Waals surface area contributed by atoms with Crippen LogP contribution in [0.3, 0.4) is 0 Å². The van der Waals surface area contributed by atoms with E-state index >= 15 is 0 Å². The molecule has 1 aliphatic heterocycles. The summed E-state index contributed by atoms with van der Waals surface area (Å²) < 4.78 is 0. The largest absolute Gasteiger partial charge is 0.356 e. The minimum atomic E-state index is 0.552. The van der Waals surface area contributed by atoms with E-state index in [1.807, 2.05) is 6.92 Å². The lowest BCUT2D eigenvalue weighted by Gasteiger charge is -2.33. The van der Waals surface area contributed by atoms with Gasteiger partial charge >= 0.3 is 0 Å². The summed E-state index contributed by atoms with van der Waals surface area (Å²) in [6.07, 6.45) is 3.93. The number of nitrogens with zero attached hydrogens (tertiary/aromatic N) is 2. The van der Waals surface area contributed by atoms with Crippen molar-refractivity contribution in [2.24, 2.45) is 5.92 Å². The van der Waals surface area contributed by atoms with Crippen molar-refractivity contribution in [2.75, 3.05) is 18.0 Å². The molecule has 0 N–H and O–H groups in total. The molecule has 0 bridgehead atoms. The number of pyridine rings is 1. The highest BCUT2D eigenvalue weighted by atomic mass is 35.5. The molecule has 3 heteroatoms. The van der Waals surface area contributed by atoms with Gasteiger partial charge in [-0.3, -0.25) is 0 Å². The first-order valence-electron chi connectivity index (χ1n) is 6.52. The van der Waals surface area contributed by atoms with Gasteiger partial charge in [0.25, 0.3) is 0 Å². The molecule has 0 aromatic carbocycles. The maximum Gasteiger partial charge on any atom is 0.128 e. The van der Waals surface area contributed by atoms with Crippen LogP contribution >= 0.6 is 11.6 Å². The molecule has 0 spiro atoms. The molecule has 1 aromatic heterocycles. The third-order valence-electron chi connectivity index (χ3n) is 3.74. The number of hydrogen-bond donors (Lipinski definition) is 0. The molecule has 1 fully saturated rings. The quantitative estimate of drug-likeness (QED) is 0.762. The van der Waals surface area contributed by atoms with Gasteiger partial charge in [0.05, 0.1) is 0 Å². The standard InChI is InChI=1S/C14H21ClN2/c1-3-12-5-4-8-17(10-12)14-7-6-13(9-15)11(2)16-14/h6-7,12H,3-5,8-10H2,1-2H3. The summed E-state index contributed by atoms with van der Waals surface area (Å²) in [7, 11) is 0. The zero-order valence-electron chi connectivity index (χ0n) is 10.7. The van der Waals surface area contributed by atoms with E-state index in [0.717, 1.165) is 36.1 Å². The van der Waals surface area contributed by atoms with Crippen LogP contribution in [0, 0.1) is 12.8 Å². The Morgan fingerprint density at radius 1 is 1.47 bits per heavy atom. The molecular formula is C14H21ClN2. The van der Waals surface area contributed by atoms with E-state index in [-0.39, 0.29) is 0 Å². The van der Waals surface area contributed by atoms with Crippen molar-refractivity contribution in [1.29, 1.82) is 0 Å². The van der Waals surface area contributed by atoms with Crippen LogP contribution in [0.25, 0.3) is 0 Å². The monoisotopic (exact) mass is 252 g/mol. The molecule has 1 atom stereocenters. The third kappa shape index (κ3) is 2.92. The van der Waals surface area contributed by atoms with E-state index in [4.69, 9.17) is 11.6 Å². The van der Waals surface area contributed by atoms with Crippen molar-refractivity contribution in [1.82, 2.24) is 4.98 Å². The van der Waals surface area contributed by atoms with Crippen LogP contribution < -0.4 is 4.90 Å². The number of anilines is 1. The zero-order valence-corrected chi connectivity index (χ0v) is 11.5. The molecule has 1 aromatic rings. The Kier molecular flexibility index (Phi) is 4.27. The molecule has 0 amide bonds. The Bertz CT molecular complexity index is 378. The van der Waals surface area contributed by atoms with Gasteiger partial charge < -0.3 is 4.90 Å². The first kappa shape index (κ1) is 12.7. The second kappa shape index (κ2) is 5.72. The van der Waals surface area contributed by atoms with Gasteiger partial charge in [0.15, 0.2) is 0 Å². The molecule has 17 heavy (non-hydrogen) atoms. The van der Waals surface area contributed by atoms with Crippen molar-refractivity contribution in [2.45, 2.75) is 39.0 Å². The summed E-state index contributed by atoms with van der Waals surface area (Å²) in [6.45, 7) is 6.62. The Morgan fingerprint density at radius 3 is 2.94 bits per heavy atom. The van der Waals surface area contributed by atoms with Crippen LogP contribution in [0.5, 0.6) is 0 Å². The highest BCUT2D eigenvalue weighted by Gasteiger charge is 2.19. The topological polar surface area (TPSA) is 16.1 Å². The van der Waals surface area contributed by atoms with E-state index in [2.05, 4.69) is 28.9 Å². The Morgan fingerprint density at radius 2 is 2.29 bits per heavy atom. The Balaban J connectivity index is 2.13. The zero-order chi connectivity index (χ0) is 12.3. The predicted molar refractivity (Wildman–Crippen MR) is 73.8 cm³/mol. The van der Waals surface area contributed by atoms with Crippen LogP contribution in [0.1, 0.15) is 37.4 Å². The highest BCUT2D eigenvalue weighted by Crippen LogP contribution is 2.24. The first-order valence-corrected chi connectivity index (χ1v) is 7.05. The molecule has 0 radical (unpaired) electrons. The van der Waals surface area contributed by atoms with Gasteiger partial charge in [-0.05, 0) is 37.3 Å². The summed E-state index contributed by atoms with van der Waals surface area (Å²) in [5.74, 6) is 2.50. The molecule has 2 heterocycles. The van der Waals surface area contributed by atoms with E-state index in [1.165, 1.54) is 19.3 Å². The number of piperidine rings is 1. The van der Waals surface area contributed by atoms with Crippen LogP contribution in [0.2, 0.25) is 0 Å². The van der Waals surface area contributed by atoms with E-state index in [9.17, 15) is 0 Å². The molecule has 94 valence electrons. The lowest BCUT2D eigenvalue weighted by molar-refractivity contribution is 0.403. The maximum absolute atomic E-state index is 5.86. The molecule has 2 nitrogen and oxygen atoms in total. The number of aromatic nitrogens is 1. The molecule has 0 saturated carbocycles. The molecule has 0 aliphatic carbocycles. The average Bonchev–Trinajstić information content (AvgIpc) is 2.38. The number of halogens is 1. The van der Waals surface area contributed by atoms with Gasteiger partial charge in [-0.2, -0.15) is 0 Å². The van der Waals surface area contributed by atoms with Crippen LogP contribution in [0.15, 0.2) is 12.1 Å². The molecule has 1 unspecified atom stereocenters. The van der Waals surface area contributed by atoms with Gasteiger partial charge in [-0.25, -0.2) is 4.98 Å². The Hall–Kier alpha value is -0.760. The van der Waals surface area contributed by atoms with Crippen molar-refractivity contribution in [3.8, 4) is 0 Å². The number of alkyl halides is 1. The molecule has 1 aliphatic rings. The summed E-state index contributed by atoms with van der Waals surface area (Å²) in [5.41, 5.74) is 2.20. The first-order chi connectivity index (χ1) is 8.24. The van der Waals surface area contributed by atoms with E-state index in [0.29, 0.717) is 5.88 Å². The maximum atomic E-state index is 5.86. The average molecular weight is 253 g/mol. The van der Waals surface area contributed by atoms with Crippen molar-refractivity contribution < 1.29 is 0 Å². The van der Waals surface area contributed by atoms with Crippen LogP contribution in [-0.4, -0.2) is 18.1 Å². The SMILES string of the molecule is CCC1CCCN(c2ccc(CCl)c(C)n2)C1. The molecule has 1 saturated heterocycles. The van der Waals surface area contributed by atoms with Crippen molar-refractivity contribution >= 4 is 17.4 Å². The minimum absolute atomic E-state index is 0.552. The number of aryl methyl sites for hydroxylation is 1. The number of hydrogen-bond acceptors (Lipinski definition) is 2. The summed E-state index contributed by atoms with van der Waals surface area (Å²) in [4.78, 5) is 7.10. The van der Waals surface area contributed by atoms with E-state index in [1.54, 1.807) is 0 Å². The smallest absolute Gasteiger partial charge is 0.128 e. The van der Waals surface area contributed by atoms with Gasteiger partial charge in [0, 0.05) is 24.7 Å². The third-order valence-corrected chi connectivity index (χ3v) is 4.03. The van der Waals surface area contributed by atoms with Crippen molar-refractivity contribution in [3.05, 3.63) is 23.4 Å². The normalized spacial score (nSPS) is 20.6. The fourth-order valence-corrected chi connectivity index (χ4v) is 2.78. The van der Waals surface area contributed by atoms with Gasteiger partial charge in [-0.1, -0.05) is 19.4 Å². The Labute approximate surface area is 109 Å².